The lowest BCUT2D eigenvalue weighted by atomic mass is 10.1. The number of benzene rings is 1. The third-order valence-electron chi connectivity index (χ3n) is 2.70. The summed E-state index contributed by atoms with van der Waals surface area (Å²) < 4.78 is 37.1. The quantitative estimate of drug-likeness (QED) is 0.904. The number of nitrogens with zero attached hydrogens (tertiary/aromatic N) is 1. The summed E-state index contributed by atoms with van der Waals surface area (Å²) in [5, 5.41) is 8.64. The number of hydrogen-bond donors (Lipinski definition) is 1. The monoisotopic (exact) mass is 289 g/mol. The standard InChI is InChI=1S/C13H14F3NO3/c1-2-17(8-12(19)20)11(18)7-9-3-5-10(6-4-9)13(14,15)16/h3-6H,2,7-8H2,1H3,(H,19,20). The highest BCUT2D eigenvalue weighted by Crippen LogP contribution is 2.29. The molecule has 0 spiro atoms. The van der Waals surface area contributed by atoms with Crippen molar-refractivity contribution in [2.45, 2.75) is 19.5 Å². The summed E-state index contributed by atoms with van der Waals surface area (Å²) in [4.78, 5) is 23.5. The van der Waals surface area contributed by atoms with Crippen molar-refractivity contribution in [3.8, 4) is 0 Å². The lowest BCUT2D eigenvalue weighted by Crippen LogP contribution is -2.36. The Morgan fingerprint density at radius 3 is 2.15 bits per heavy atom. The maximum Gasteiger partial charge on any atom is 0.416 e. The Kier molecular flexibility index (Phi) is 5.12. The highest BCUT2D eigenvalue weighted by molar-refractivity contribution is 5.82. The molecule has 0 aromatic heterocycles. The summed E-state index contributed by atoms with van der Waals surface area (Å²) in [6.07, 6.45) is -4.54. The minimum atomic E-state index is -4.42. The van der Waals surface area contributed by atoms with Crippen molar-refractivity contribution in [1.29, 1.82) is 0 Å². The molecule has 0 fully saturated rings. The van der Waals surface area contributed by atoms with E-state index < -0.39 is 30.2 Å². The van der Waals surface area contributed by atoms with Gasteiger partial charge in [0.05, 0.1) is 12.0 Å². The Morgan fingerprint density at radius 2 is 1.75 bits per heavy atom. The van der Waals surface area contributed by atoms with Gasteiger partial charge in [0.1, 0.15) is 6.54 Å². The van der Waals surface area contributed by atoms with Crippen LogP contribution in [-0.4, -0.2) is 35.0 Å². The van der Waals surface area contributed by atoms with Crippen molar-refractivity contribution in [2.75, 3.05) is 13.1 Å². The first-order valence-electron chi connectivity index (χ1n) is 5.89. The molecule has 1 amide bonds. The Morgan fingerprint density at radius 1 is 1.20 bits per heavy atom. The van der Waals surface area contributed by atoms with Crippen LogP contribution in [0.25, 0.3) is 0 Å². The molecule has 1 aromatic carbocycles. The van der Waals surface area contributed by atoms with Gasteiger partial charge in [-0.1, -0.05) is 12.1 Å². The van der Waals surface area contributed by atoms with Crippen molar-refractivity contribution in [2.24, 2.45) is 0 Å². The number of carboxylic acids is 1. The number of carboxylic acid groups (broad SMARTS) is 1. The molecule has 1 N–H and O–H groups in total. The summed E-state index contributed by atoms with van der Waals surface area (Å²) >= 11 is 0. The number of likely N-dealkylation sites (N-methyl/N-ethyl adjacent to an activating group) is 1. The predicted octanol–water partition coefficient (Wildman–Crippen LogP) is 2.18. The van der Waals surface area contributed by atoms with Crippen molar-refractivity contribution >= 4 is 11.9 Å². The molecular formula is C13H14F3NO3. The molecule has 0 radical (unpaired) electrons. The topological polar surface area (TPSA) is 57.6 Å². The van der Waals surface area contributed by atoms with Crippen LogP contribution < -0.4 is 0 Å². The van der Waals surface area contributed by atoms with E-state index in [4.69, 9.17) is 5.11 Å². The second kappa shape index (κ2) is 6.40. The van der Waals surface area contributed by atoms with Gasteiger partial charge in [-0.2, -0.15) is 13.2 Å². The van der Waals surface area contributed by atoms with Gasteiger partial charge in [-0.3, -0.25) is 9.59 Å². The Hall–Kier alpha value is -2.05. The molecule has 0 saturated heterocycles. The van der Waals surface area contributed by atoms with Crippen LogP contribution in [0, 0.1) is 0 Å². The zero-order valence-corrected chi connectivity index (χ0v) is 10.8. The molecule has 0 unspecified atom stereocenters. The normalized spacial score (nSPS) is 11.2. The summed E-state index contributed by atoms with van der Waals surface area (Å²) in [6, 6.07) is 4.23. The lowest BCUT2D eigenvalue weighted by Gasteiger charge is -2.18. The molecule has 0 aliphatic rings. The fraction of sp³-hybridized carbons (Fsp3) is 0.385. The van der Waals surface area contributed by atoms with E-state index in [9.17, 15) is 22.8 Å². The number of rotatable bonds is 5. The van der Waals surface area contributed by atoms with Gasteiger partial charge >= 0.3 is 12.1 Å². The van der Waals surface area contributed by atoms with E-state index in [-0.39, 0.29) is 13.0 Å². The molecule has 110 valence electrons. The van der Waals surface area contributed by atoms with Crippen molar-refractivity contribution < 1.29 is 27.9 Å². The van der Waals surface area contributed by atoms with Crippen LogP contribution in [0.2, 0.25) is 0 Å². The minimum absolute atomic E-state index is 0.126. The molecule has 4 nitrogen and oxygen atoms in total. The van der Waals surface area contributed by atoms with Crippen molar-refractivity contribution in [3.63, 3.8) is 0 Å². The molecular weight excluding hydrogens is 275 g/mol. The molecule has 7 heteroatoms. The van der Waals surface area contributed by atoms with Crippen LogP contribution in [0.3, 0.4) is 0 Å². The third kappa shape index (κ3) is 4.56. The number of hydrogen-bond acceptors (Lipinski definition) is 2. The Balaban J connectivity index is 2.73. The Labute approximate surface area is 113 Å². The van der Waals surface area contributed by atoms with E-state index in [1.54, 1.807) is 6.92 Å². The van der Waals surface area contributed by atoms with E-state index in [0.29, 0.717) is 5.56 Å². The molecule has 1 aromatic rings. The largest absolute Gasteiger partial charge is 0.480 e. The van der Waals surface area contributed by atoms with Gasteiger partial charge in [0.15, 0.2) is 0 Å². The highest BCUT2D eigenvalue weighted by Gasteiger charge is 2.30. The fourth-order valence-electron chi connectivity index (χ4n) is 1.64. The summed E-state index contributed by atoms with van der Waals surface area (Å²) in [5.41, 5.74) is -0.376. The van der Waals surface area contributed by atoms with Gasteiger partial charge in [-0.15, -0.1) is 0 Å². The van der Waals surface area contributed by atoms with Crippen LogP contribution in [0.1, 0.15) is 18.1 Å². The van der Waals surface area contributed by atoms with Gasteiger partial charge in [0.25, 0.3) is 0 Å². The third-order valence-corrected chi connectivity index (χ3v) is 2.70. The molecule has 0 saturated carbocycles. The number of aliphatic carboxylic acids is 1. The zero-order valence-electron chi connectivity index (χ0n) is 10.8. The molecule has 1 rings (SSSR count). The number of amides is 1. The summed E-state index contributed by atoms with van der Waals surface area (Å²) in [7, 11) is 0. The van der Waals surface area contributed by atoms with E-state index in [1.807, 2.05) is 0 Å². The number of carbonyl (C=O) groups excluding carboxylic acids is 1. The van der Waals surface area contributed by atoms with Crippen LogP contribution in [0.4, 0.5) is 13.2 Å². The second-order valence-electron chi connectivity index (χ2n) is 4.17. The fourth-order valence-corrected chi connectivity index (χ4v) is 1.64. The average Bonchev–Trinajstić information content (AvgIpc) is 2.35. The van der Waals surface area contributed by atoms with Crippen molar-refractivity contribution in [3.05, 3.63) is 35.4 Å². The predicted molar refractivity (Wildman–Crippen MR) is 65.0 cm³/mol. The average molecular weight is 289 g/mol. The summed E-state index contributed by atoms with van der Waals surface area (Å²) in [5.74, 6) is -1.57. The summed E-state index contributed by atoms with van der Waals surface area (Å²) in [6.45, 7) is 1.44. The van der Waals surface area contributed by atoms with Gasteiger partial charge in [0, 0.05) is 6.54 Å². The number of halogens is 3. The maximum atomic E-state index is 12.4. The van der Waals surface area contributed by atoms with Crippen LogP contribution >= 0.6 is 0 Å². The van der Waals surface area contributed by atoms with E-state index in [0.717, 1.165) is 17.0 Å². The Bertz CT molecular complexity index is 483. The van der Waals surface area contributed by atoms with Crippen LogP contribution in [0.15, 0.2) is 24.3 Å². The molecule has 0 bridgehead atoms. The van der Waals surface area contributed by atoms with E-state index in [1.165, 1.54) is 12.1 Å². The van der Waals surface area contributed by atoms with Gasteiger partial charge in [0.2, 0.25) is 5.91 Å². The van der Waals surface area contributed by atoms with E-state index in [2.05, 4.69) is 0 Å². The first-order chi connectivity index (χ1) is 9.24. The number of alkyl halides is 3. The molecule has 20 heavy (non-hydrogen) atoms. The highest BCUT2D eigenvalue weighted by atomic mass is 19.4. The minimum Gasteiger partial charge on any atom is -0.480 e. The zero-order chi connectivity index (χ0) is 15.3. The molecule has 0 aliphatic heterocycles. The first kappa shape index (κ1) is 16.0. The maximum absolute atomic E-state index is 12.4. The molecule has 0 aliphatic carbocycles. The lowest BCUT2D eigenvalue weighted by molar-refractivity contribution is -0.144. The number of carbonyl (C=O) groups is 2. The molecule has 0 atom stereocenters. The van der Waals surface area contributed by atoms with Gasteiger partial charge < -0.3 is 10.0 Å². The molecule has 0 heterocycles. The van der Waals surface area contributed by atoms with Crippen molar-refractivity contribution in [1.82, 2.24) is 4.90 Å². The SMILES string of the molecule is CCN(CC(=O)O)C(=O)Cc1ccc(C(F)(F)F)cc1. The van der Waals surface area contributed by atoms with Crippen LogP contribution in [0.5, 0.6) is 0 Å². The van der Waals surface area contributed by atoms with Crippen LogP contribution in [-0.2, 0) is 22.2 Å². The van der Waals surface area contributed by atoms with Gasteiger partial charge in [-0.05, 0) is 24.6 Å². The van der Waals surface area contributed by atoms with E-state index >= 15 is 0 Å². The van der Waals surface area contributed by atoms with Gasteiger partial charge in [-0.25, -0.2) is 0 Å². The first-order valence-corrected chi connectivity index (χ1v) is 5.89. The second-order valence-corrected chi connectivity index (χ2v) is 4.17. The smallest absolute Gasteiger partial charge is 0.416 e.